The standard InChI is InChI=1S/C22H39N5O2/c1-19(2)18-27-10-3-5-20(27)17-25-22(23-8-7-21-6-4-14-29-21)24-9-11-26-12-15-28-16-13-26/h4,6,14,19-20H,3,5,7-13,15-18H2,1-2H3,(H2,23,24,25)/t20-/m1/s1. The van der Waals surface area contributed by atoms with Gasteiger partial charge in [-0.05, 0) is 37.4 Å². The number of likely N-dealkylation sites (tertiary alicyclic amines) is 1. The fourth-order valence-corrected chi connectivity index (χ4v) is 4.10. The third kappa shape index (κ3) is 7.99. The lowest BCUT2D eigenvalue weighted by Crippen LogP contribution is -2.45. The first-order chi connectivity index (χ1) is 14.2. The summed E-state index contributed by atoms with van der Waals surface area (Å²) in [5, 5.41) is 7.03. The highest BCUT2D eigenvalue weighted by atomic mass is 16.5. The van der Waals surface area contributed by atoms with Crippen molar-refractivity contribution in [3.63, 3.8) is 0 Å². The molecule has 1 aromatic rings. The highest BCUT2D eigenvalue weighted by Gasteiger charge is 2.24. The number of hydrogen-bond donors (Lipinski definition) is 2. The molecular weight excluding hydrogens is 366 g/mol. The zero-order valence-corrected chi connectivity index (χ0v) is 18.2. The molecule has 7 heteroatoms. The molecule has 2 aliphatic heterocycles. The Morgan fingerprint density at radius 2 is 2.03 bits per heavy atom. The molecule has 0 bridgehead atoms. The van der Waals surface area contributed by atoms with Gasteiger partial charge in [-0.15, -0.1) is 0 Å². The van der Waals surface area contributed by atoms with E-state index in [-0.39, 0.29) is 0 Å². The van der Waals surface area contributed by atoms with E-state index in [1.165, 1.54) is 25.9 Å². The van der Waals surface area contributed by atoms with Crippen LogP contribution in [0.1, 0.15) is 32.4 Å². The van der Waals surface area contributed by atoms with Crippen LogP contribution in [-0.2, 0) is 11.2 Å². The molecule has 3 rings (SSSR count). The van der Waals surface area contributed by atoms with Gasteiger partial charge in [-0.3, -0.25) is 14.8 Å². The third-order valence-corrected chi connectivity index (χ3v) is 5.63. The molecule has 1 atom stereocenters. The maximum absolute atomic E-state index is 5.44. The van der Waals surface area contributed by atoms with E-state index in [1.54, 1.807) is 6.26 Å². The molecule has 164 valence electrons. The van der Waals surface area contributed by atoms with Crippen LogP contribution in [0, 0.1) is 5.92 Å². The van der Waals surface area contributed by atoms with Crippen LogP contribution in [0.5, 0.6) is 0 Å². The highest BCUT2D eigenvalue weighted by Crippen LogP contribution is 2.18. The summed E-state index contributed by atoms with van der Waals surface area (Å²) in [5.74, 6) is 2.63. The van der Waals surface area contributed by atoms with Crippen molar-refractivity contribution >= 4 is 5.96 Å². The summed E-state index contributed by atoms with van der Waals surface area (Å²) in [6, 6.07) is 4.53. The first-order valence-corrected chi connectivity index (χ1v) is 11.3. The second-order valence-corrected chi connectivity index (χ2v) is 8.51. The Balaban J connectivity index is 1.48. The van der Waals surface area contributed by atoms with E-state index in [4.69, 9.17) is 14.1 Å². The first kappa shape index (κ1) is 22.1. The smallest absolute Gasteiger partial charge is 0.191 e. The first-order valence-electron chi connectivity index (χ1n) is 11.3. The second-order valence-electron chi connectivity index (χ2n) is 8.51. The summed E-state index contributed by atoms with van der Waals surface area (Å²) < 4.78 is 10.9. The summed E-state index contributed by atoms with van der Waals surface area (Å²) in [6.45, 7) is 14.3. The van der Waals surface area contributed by atoms with Gasteiger partial charge in [0.2, 0.25) is 0 Å². The number of aliphatic imine (C=N–C) groups is 1. The number of guanidine groups is 1. The molecule has 0 amide bonds. The maximum Gasteiger partial charge on any atom is 0.191 e. The Hall–Kier alpha value is -1.57. The van der Waals surface area contributed by atoms with Crippen molar-refractivity contribution in [3.8, 4) is 0 Å². The van der Waals surface area contributed by atoms with Crippen molar-refractivity contribution in [3.05, 3.63) is 24.2 Å². The average Bonchev–Trinajstić information content (AvgIpc) is 3.38. The summed E-state index contributed by atoms with van der Waals surface area (Å²) in [5.41, 5.74) is 0. The van der Waals surface area contributed by atoms with E-state index in [2.05, 4.69) is 34.3 Å². The Bertz CT molecular complexity index is 584. The molecule has 2 aliphatic rings. The molecule has 0 radical (unpaired) electrons. The van der Waals surface area contributed by atoms with Crippen molar-refractivity contribution in [1.82, 2.24) is 20.4 Å². The van der Waals surface area contributed by atoms with Crippen LogP contribution in [0.15, 0.2) is 27.8 Å². The van der Waals surface area contributed by atoms with E-state index in [9.17, 15) is 0 Å². The van der Waals surface area contributed by atoms with Gasteiger partial charge in [-0.25, -0.2) is 0 Å². The Morgan fingerprint density at radius 1 is 1.21 bits per heavy atom. The molecule has 0 unspecified atom stereocenters. The van der Waals surface area contributed by atoms with Crippen molar-refractivity contribution in [2.45, 2.75) is 39.2 Å². The SMILES string of the molecule is CC(C)CN1CCC[C@@H]1CN=C(NCCc1ccco1)NCCN1CCOCC1. The van der Waals surface area contributed by atoms with Crippen LogP contribution in [0.2, 0.25) is 0 Å². The van der Waals surface area contributed by atoms with Crippen LogP contribution in [0.25, 0.3) is 0 Å². The average molecular weight is 406 g/mol. The molecule has 29 heavy (non-hydrogen) atoms. The van der Waals surface area contributed by atoms with Gasteiger partial charge in [0.25, 0.3) is 0 Å². The summed E-state index contributed by atoms with van der Waals surface area (Å²) in [7, 11) is 0. The number of furan rings is 1. The summed E-state index contributed by atoms with van der Waals surface area (Å²) >= 11 is 0. The lowest BCUT2D eigenvalue weighted by molar-refractivity contribution is 0.0389. The predicted molar refractivity (Wildman–Crippen MR) is 117 cm³/mol. The minimum atomic E-state index is 0.570. The molecule has 7 nitrogen and oxygen atoms in total. The van der Waals surface area contributed by atoms with Crippen molar-refractivity contribution in [2.24, 2.45) is 10.9 Å². The highest BCUT2D eigenvalue weighted by molar-refractivity contribution is 5.79. The zero-order chi connectivity index (χ0) is 20.3. The van der Waals surface area contributed by atoms with E-state index in [0.29, 0.717) is 12.0 Å². The molecule has 2 fully saturated rings. The minimum Gasteiger partial charge on any atom is -0.469 e. The van der Waals surface area contributed by atoms with Crippen molar-refractivity contribution in [2.75, 3.05) is 65.6 Å². The van der Waals surface area contributed by atoms with Crippen LogP contribution in [0.4, 0.5) is 0 Å². The van der Waals surface area contributed by atoms with E-state index < -0.39 is 0 Å². The number of morpholine rings is 1. The Kier molecular flexibility index (Phi) is 9.31. The van der Waals surface area contributed by atoms with Gasteiger partial charge in [0.1, 0.15) is 5.76 Å². The third-order valence-electron chi connectivity index (χ3n) is 5.63. The number of hydrogen-bond acceptors (Lipinski definition) is 5. The minimum absolute atomic E-state index is 0.570. The topological polar surface area (TPSA) is 65.3 Å². The predicted octanol–water partition coefficient (Wildman–Crippen LogP) is 1.81. The van der Waals surface area contributed by atoms with Gasteiger partial charge < -0.3 is 19.8 Å². The molecule has 2 saturated heterocycles. The quantitative estimate of drug-likeness (QED) is 0.457. The summed E-state index contributed by atoms with van der Waals surface area (Å²) in [6.07, 6.45) is 5.14. The molecule has 2 N–H and O–H groups in total. The normalized spacial score (nSPS) is 21.8. The van der Waals surface area contributed by atoms with E-state index >= 15 is 0 Å². The van der Waals surface area contributed by atoms with Crippen LogP contribution < -0.4 is 10.6 Å². The van der Waals surface area contributed by atoms with Crippen LogP contribution >= 0.6 is 0 Å². The van der Waals surface area contributed by atoms with Gasteiger partial charge in [-0.1, -0.05) is 13.8 Å². The lowest BCUT2D eigenvalue weighted by Gasteiger charge is -2.27. The molecule has 1 aromatic heterocycles. The van der Waals surface area contributed by atoms with Gasteiger partial charge in [0.05, 0.1) is 26.0 Å². The zero-order valence-electron chi connectivity index (χ0n) is 18.2. The maximum atomic E-state index is 5.44. The van der Waals surface area contributed by atoms with Crippen LogP contribution in [0.3, 0.4) is 0 Å². The van der Waals surface area contributed by atoms with Gasteiger partial charge in [0, 0.05) is 51.7 Å². The number of nitrogens with one attached hydrogen (secondary N) is 2. The molecule has 0 saturated carbocycles. The van der Waals surface area contributed by atoms with Crippen LogP contribution in [-0.4, -0.2) is 87.4 Å². The molecular formula is C22H39N5O2. The van der Waals surface area contributed by atoms with Crippen molar-refractivity contribution in [1.29, 1.82) is 0 Å². The molecule has 0 aliphatic carbocycles. The van der Waals surface area contributed by atoms with Gasteiger partial charge in [0.15, 0.2) is 5.96 Å². The monoisotopic (exact) mass is 405 g/mol. The Morgan fingerprint density at radius 3 is 2.79 bits per heavy atom. The molecule has 3 heterocycles. The summed E-state index contributed by atoms with van der Waals surface area (Å²) in [4.78, 5) is 10.00. The van der Waals surface area contributed by atoms with Crippen molar-refractivity contribution < 1.29 is 9.15 Å². The van der Waals surface area contributed by atoms with Gasteiger partial charge in [-0.2, -0.15) is 0 Å². The van der Waals surface area contributed by atoms with E-state index in [1.807, 2.05) is 12.1 Å². The molecule has 0 spiro atoms. The van der Waals surface area contributed by atoms with Gasteiger partial charge >= 0.3 is 0 Å². The number of nitrogens with zero attached hydrogens (tertiary/aromatic N) is 3. The lowest BCUT2D eigenvalue weighted by atomic mass is 10.2. The largest absolute Gasteiger partial charge is 0.469 e. The second kappa shape index (κ2) is 12.2. The number of rotatable bonds is 10. The fraction of sp³-hybridized carbons (Fsp3) is 0.773. The van der Waals surface area contributed by atoms with E-state index in [0.717, 1.165) is 70.6 Å². The number of ether oxygens (including phenoxy) is 1. The molecule has 0 aromatic carbocycles. The Labute approximate surface area is 175 Å². The fourth-order valence-electron chi connectivity index (χ4n) is 4.10.